The molecule has 0 radical (unpaired) electrons. The van der Waals surface area contributed by atoms with Gasteiger partial charge < -0.3 is 10.1 Å². The van der Waals surface area contributed by atoms with E-state index in [0.717, 1.165) is 12.0 Å². The van der Waals surface area contributed by atoms with E-state index in [1.54, 1.807) is 12.1 Å². The molecule has 3 aromatic rings. The number of carbonyl (C=O) groups is 1. The van der Waals surface area contributed by atoms with Gasteiger partial charge in [-0.25, -0.2) is 0 Å². The molecule has 0 spiro atoms. The first-order valence-electron chi connectivity index (χ1n) is 9.39. The number of hydrogen-bond acceptors (Lipinski definition) is 5. The first kappa shape index (κ1) is 21.2. The zero-order valence-electron chi connectivity index (χ0n) is 16.2. The number of amides is 1. The number of hydrogen-bond donors (Lipinski definition) is 1. The molecule has 0 unspecified atom stereocenters. The van der Waals surface area contributed by atoms with E-state index in [0.29, 0.717) is 40.6 Å². The van der Waals surface area contributed by atoms with Gasteiger partial charge in [0.15, 0.2) is 11.0 Å². The van der Waals surface area contributed by atoms with Crippen molar-refractivity contribution in [2.45, 2.75) is 31.7 Å². The molecule has 0 atom stereocenters. The second-order valence-corrected chi connectivity index (χ2v) is 7.73. The van der Waals surface area contributed by atoms with Crippen molar-refractivity contribution >= 4 is 29.3 Å². The monoisotopic (exact) mass is 430 g/mol. The molecular formula is C21H23ClN4O2S. The Bertz CT molecular complexity index is 916. The minimum atomic E-state index is -0.00919. The molecule has 152 valence electrons. The van der Waals surface area contributed by atoms with Gasteiger partial charge in [-0.05, 0) is 36.2 Å². The van der Waals surface area contributed by atoms with Crippen LogP contribution in [0.5, 0.6) is 5.75 Å². The SMILES string of the molecule is CCCNC(=O)CSc1nnc(COc2ccc(Cl)cc2)n1Cc1ccccc1. The van der Waals surface area contributed by atoms with Gasteiger partial charge in [0.2, 0.25) is 5.91 Å². The number of rotatable bonds is 10. The summed E-state index contributed by atoms with van der Waals surface area (Å²) in [7, 11) is 0. The van der Waals surface area contributed by atoms with Crippen molar-refractivity contribution in [3.63, 3.8) is 0 Å². The van der Waals surface area contributed by atoms with Crippen LogP contribution in [0.4, 0.5) is 0 Å². The Morgan fingerprint density at radius 2 is 1.90 bits per heavy atom. The van der Waals surface area contributed by atoms with E-state index in [1.165, 1.54) is 11.8 Å². The quantitative estimate of drug-likeness (QED) is 0.489. The topological polar surface area (TPSA) is 69.0 Å². The number of nitrogens with one attached hydrogen (secondary N) is 1. The predicted molar refractivity (Wildman–Crippen MR) is 115 cm³/mol. The molecule has 1 N–H and O–H groups in total. The Morgan fingerprint density at radius 3 is 2.62 bits per heavy atom. The van der Waals surface area contributed by atoms with Gasteiger partial charge in [-0.15, -0.1) is 10.2 Å². The Labute approximate surface area is 179 Å². The van der Waals surface area contributed by atoms with E-state index in [9.17, 15) is 4.79 Å². The van der Waals surface area contributed by atoms with Gasteiger partial charge in [-0.3, -0.25) is 9.36 Å². The van der Waals surface area contributed by atoms with Gasteiger partial charge in [0.1, 0.15) is 12.4 Å². The molecule has 2 aromatic carbocycles. The molecule has 1 aromatic heterocycles. The lowest BCUT2D eigenvalue weighted by molar-refractivity contribution is -0.118. The fraction of sp³-hybridized carbons (Fsp3) is 0.286. The Kier molecular flexibility index (Phi) is 7.95. The van der Waals surface area contributed by atoms with Crippen molar-refractivity contribution in [1.29, 1.82) is 0 Å². The molecule has 29 heavy (non-hydrogen) atoms. The Morgan fingerprint density at radius 1 is 1.14 bits per heavy atom. The number of halogens is 1. The molecule has 8 heteroatoms. The van der Waals surface area contributed by atoms with Crippen LogP contribution in [0.3, 0.4) is 0 Å². The van der Waals surface area contributed by atoms with Crippen LogP contribution in [0, 0.1) is 0 Å². The number of nitrogens with zero attached hydrogens (tertiary/aromatic N) is 3. The van der Waals surface area contributed by atoms with Crippen LogP contribution < -0.4 is 10.1 Å². The van der Waals surface area contributed by atoms with Gasteiger partial charge in [-0.2, -0.15) is 0 Å². The molecule has 0 saturated heterocycles. The molecular weight excluding hydrogens is 408 g/mol. The summed E-state index contributed by atoms with van der Waals surface area (Å²) in [4.78, 5) is 12.0. The van der Waals surface area contributed by atoms with Crippen LogP contribution in [-0.4, -0.2) is 33.0 Å². The molecule has 1 amide bonds. The maximum Gasteiger partial charge on any atom is 0.230 e. The average molecular weight is 431 g/mol. The highest BCUT2D eigenvalue weighted by Crippen LogP contribution is 2.21. The lowest BCUT2D eigenvalue weighted by atomic mass is 10.2. The standard InChI is InChI=1S/C21H23ClN4O2S/c1-2-12-23-20(27)15-29-21-25-24-19(14-28-18-10-8-17(22)9-11-18)26(21)13-16-6-4-3-5-7-16/h3-11H,2,12-15H2,1H3,(H,23,27). The highest BCUT2D eigenvalue weighted by molar-refractivity contribution is 7.99. The summed E-state index contributed by atoms with van der Waals surface area (Å²) in [6.07, 6.45) is 0.910. The molecule has 6 nitrogen and oxygen atoms in total. The third kappa shape index (κ3) is 6.51. The van der Waals surface area contributed by atoms with Crippen molar-refractivity contribution < 1.29 is 9.53 Å². The summed E-state index contributed by atoms with van der Waals surface area (Å²) in [5.41, 5.74) is 1.12. The van der Waals surface area contributed by atoms with Crippen molar-refractivity contribution in [1.82, 2.24) is 20.1 Å². The molecule has 0 aliphatic carbocycles. The second-order valence-electron chi connectivity index (χ2n) is 6.35. The van der Waals surface area contributed by atoms with Crippen molar-refractivity contribution in [3.8, 4) is 5.75 Å². The minimum absolute atomic E-state index is 0.00919. The van der Waals surface area contributed by atoms with Crippen molar-refractivity contribution in [3.05, 3.63) is 71.0 Å². The molecule has 0 aliphatic rings. The van der Waals surface area contributed by atoms with Crippen LogP contribution in [0.1, 0.15) is 24.7 Å². The summed E-state index contributed by atoms with van der Waals surface area (Å²) >= 11 is 7.30. The Hall–Kier alpha value is -2.51. The first-order valence-corrected chi connectivity index (χ1v) is 10.8. The third-order valence-electron chi connectivity index (χ3n) is 4.06. The lowest BCUT2D eigenvalue weighted by Gasteiger charge is -2.11. The average Bonchev–Trinajstić information content (AvgIpc) is 3.12. The molecule has 0 fully saturated rings. The fourth-order valence-corrected chi connectivity index (χ4v) is 3.49. The van der Waals surface area contributed by atoms with E-state index in [-0.39, 0.29) is 12.5 Å². The molecule has 0 bridgehead atoms. The lowest BCUT2D eigenvalue weighted by Crippen LogP contribution is -2.25. The van der Waals surface area contributed by atoms with Gasteiger partial charge in [0.05, 0.1) is 12.3 Å². The maximum absolute atomic E-state index is 12.0. The van der Waals surface area contributed by atoms with Crippen LogP contribution in [0.15, 0.2) is 59.8 Å². The highest BCUT2D eigenvalue weighted by Gasteiger charge is 2.15. The summed E-state index contributed by atoms with van der Waals surface area (Å²) in [6.45, 7) is 3.57. The maximum atomic E-state index is 12.0. The molecule has 0 saturated carbocycles. The van der Waals surface area contributed by atoms with Gasteiger partial charge in [-0.1, -0.05) is 60.6 Å². The Balaban J connectivity index is 1.73. The summed E-state index contributed by atoms with van der Waals surface area (Å²) in [6, 6.07) is 17.3. The van der Waals surface area contributed by atoms with Crippen LogP contribution >= 0.6 is 23.4 Å². The van der Waals surface area contributed by atoms with Crippen LogP contribution in [0.2, 0.25) is 5.02 Å². The molecule has 1 heterocycles. The largest absolute Gasteiger partial charge is 0.486 e. The second kappa shape index (κ2) is 10.9. The number of aromatic nitrogens is 3. The number of carbonyl (C=O) groups excluding carboxylic acids is 1. The third-order valence-corrected chi connectivity index (χ3v) is 5.28. The normalized spacial score (nSPS) is 10.7. The smallest absolute Gasteiger partial charge is 0.230 e. The summed E-state index contributed by atoms with van der Waals surface area (Å²) < 4.78 is 7.84. The molecule has 0 aliphatic heterocycles. The summed E-state index contributed by atoms with van der Waals surface area (Å²) in [5.74, 6) is 1.69. The predicted octanol–water partition coefficient (Wildman–Crippen LogP) is 4.18. The van der Waals surface area contributed by atoms with E-state index in [2.05, 4.69) is 15.5 Å². The van der Waals surface area contributed by atoms with Crippen LogP contribution in [-0.2, 0) is 17.9 Å². The van der Waals surface area contributed by atoms with Gasteiger partial charge in [0, 0.05) is 11.6 Å². The van der Waals surface area contributed by atoms with E-state index in [4.69, 9.17) is 16.3 Å². The zero-order valence-corrected chi connectivity index (χ0v) is 17.7. The van der Waals surface area contributed by atoms with E-state index in [1.807, 2.05) is 54.0 Å². The molecule has 3 rings (SSSR count). The number of ether oxygens (including phenoxy) is 1. The summed E-state index contributed by atoms with van der Waals surface area (Å²) in [5, 5.41) is 12.8. The van der Waals surface area contributed by atoms with E-state index >= 15 is 0 Å². The minimum Gasteiger partial charge on any atom is -0.486 e. The zero-order chi connectivity index (χ0) is 20.5. The number of benzene rings is 2. The highest BCUT2D eigenvalue weighted by atomic mass is 35.5. The number of thioether (sulfide) groups is 1. The van der Waals surface area contributed by atoms with Crippen molar-refractivity contribution in [2.24, 2.45) is 0 Å². The van der Waals surface area contributed by atoms with Crippen LogP contribution in [0.25, 0.3) is 0 Å². The van der Waals surface area contributed by atoms with E-state index < -0.39 is 0 Å². The van der Waals surface area contributed by atoms with Gasteiger partial charge >= 0.3 is 0 Å². The van der Waals surface area contributed by atoms with Crippen molar-refractivity contribution in [2.75, 3.05) is 12.3 Å². The fourth-order valence-electron chi connectivity index (χ4n) is 2.58. The first-order chi connectivity index (χ1) is 14.2. The van der Waals surface area contributed by atoms with Gasteiger partial charge in [0.25, 0.3) is 0 Å².